The van der Waals surface area contributed by atoms with Gasteiger partial charge in [0.05, 0.1) is 11.9 Å². The summed E-state index contributed by atoms with van der Waals surface area (Å²) in [4.78, 5) is 28.0. The smallest absolute Gasteiger partial charge is 0.244 e. The van der Waals surface area contributed by atoms with E-state index in [2.05, 4.69) is 21.2 Å². The number of benzene rings is 2. The number of hydrogen-bond acceptors (Lipinski definition) is 4. The van der Waals surface area contributed by atoms with E-state index in [1.165, 1.54) is 4.90 Å². The Bertz CT molecular complexity index is 1180. The highest BCUT2D eigenvalue weighted by atomic mass is 79.9. The first-order chi connectivity index (χ1) is 16.4. The first-order valence-corrected chi connectivity index (χ1v) is 14.5. The molecule has 2 aromatic carbocycles. The minimum atomic E-state index is -3.80. The van der Waals surface area contributed by atoms with Crippen LogP contribution in [-0.4, -0.2) is 50.5 Å². The zero-order valence-corrected chi connectivity index (χ0v) is 24.1. The molecular formula is C24H30BrCl2N3O4S. The summed E-state index contributed by atoms with van der Waals surface area (Å²) in [7, 11) is -3.80. The average Bonchev–Trinajstić information content (AvgIpc) is 2.78. The van der Waals surface area contributed by atoms with E-state index in [1.807, 2.05) is 13.8 Å². The van der Waals surface area contributed by atoms with Gasteiger partial charge in [-0.25, -0.2) is 8.42 Å². The van der Waals surface area contributed by atoms with E-state index in [4.69, 9.17) is 23.2 Å². The second kappa shape index (κ2) is 12.9. The SMILES string of the molecule is CCCNC(=O)C(CC)N(Cc1ccc(Cl)cc1Cl)C(=O)CN(c1ccc(Br)c(C)c1)S(C)(=O)=O. The van der Waals surface area contributed by atoms with Crippen molar-refractivity contribution in [2.75, 3.05) is 23.7 Å². The van der Waals surface area contributed by atoms with Gasteiger partial charge in [-0.15, -0.1) is 0 Å². The Hall–Kier alpha value is -1.81. The fourth-order valence-electron chi connectivity index (χ4n) is 3.52. The normalized spacial score (nSPS) is 12.2. The number of nitrogens with zero attached hydrogens (tertiary/aromatic N) is 2. The van der Waals surface area contributed by atoms with Crippen molar-refractivity contribution in [1.82, 2.24) is 10.2 Å². The van der Waals surface area contributed by atoms with E-state index in [0.717, 1.165) is 27.0 Å². The number of carbonyl (C=O) groups excluding carboxylic acids is 2. The number of hydrogen-bond donors (Lipinski definition) is 1. The Labute approximate surface area is 225 Å². The molecule has 0 heterocycles. The van der Waals surface area contributed by atoms with Gasteiger partial charge in [0.25, 0.3) is 0 Å². The van der Waals surface area contributed by atoms with Crippen LogP contribution in [-0.2, 0) is 26.2 Å². The monoisotopic (exact) mass is 605 g/mol. The van der Waals surface area contributed by atoms with Crippen LogP contribution in [0.3, 0.4) is 0 Å². The molecule has 0 bridgehead atoms. The molecule has 35 heavy (non-hydrogen) atoms. The lowest BCUT2D eigenvalue weighted by Crippen LogP contribution is -2.52. The molecule has 0 saturated heterocycles. The Morgan fingerprint density at radius 2 is 1.80 bits per heavy atom. The summed E-state index contributed by atoms with van der Waals surface area (Å²) in [5, 5.41) is 3.63. The quantitative estimate of drug-likeness (QED) is 0.383. The maximum Gasteiger partial charge on any atom is 0.244 e. The van der Waals surface area contributed by atoms with Gasteiger partial charge in [0, 0.05) is 27.6 Å². The second-order valence-electron chi connectivity index (χ2n) is 8.18. The molecule has 0 aromatic heterocycles. The molecule has 0 aliphatic heterocycles. The molecule has 11 heteroatoms. The summed E-state index contributed by atoms with van der Waals surface area (Å²) in [5.74, 6) is -0.835. The van der Waals surface area contributed by atoms with E-state index in [1.54, 1.807) is 43.3 Å². The number of anilines is 1. The van der Waals surface area contributed by atoms with Crippen LogP contribution in [0, 0.1) is 6.92 Å². The van der Waals surface area contributed by atoms with Gasteiger partial charge < -0.3 is 10.2 Å². The van der Waals surface area contributed by atoms with Gasteiger partial charge in [-0.3, -0.25) is 13.9 Å². The molecule has 192 valence electrons. The molecule has 0 saturated carbocycles. The third kappa shape index (κ3) is 8.10. The molecule has 0 aliphatic rings. The molecule has 1 unspecified atom stereocenters. The van der Waals surface area contributed by atoms with Gasteiger partial charge in [-0.1, -0.05) is 59.0 Å². The Morgan fingerprint density at radius 1 is 1.11 bits per heavy atom. The molecule has 0 spiro atoms. The van der Waals surface area contributed by atoms with Crippen molar-refractivity contribution in [1.29, 1.82) is 0 Å². The molecule has 0 radical (unpaired) electrons. The number of halogens is 3. The van der Waals surface area contributed by atoms with Crippen molar-refractivity contribution in [2.45, 2.75) is 46.2 Å². The van der Waals surface area contributed by atoms with E-state index in [-0.39, 0.29) is 12.5 Å². The highest BCUT2D eigenvalue weighted by Crippen LogP contribution is 2.27. The Balaban J connectivity index is 2.48. The second-order valence-corrected chi connectivity index (χ2v) is 11.8. The van der Waals surface area contributed by atoms with Crippen molar-refractivity contribution < 1.29 is 18.0 Å². The molecule has 1 N–H and O–H groups in total. The van der Waals surface area contributed by atoms with Crippen LogP contribution < -0.4 is 9.62 Å². The van der Waals surface area contributed by atoms with Crippen LogP contribution in [0.2, 0.25) is 10.0 Å². The number of sulfonamides is 1. The fraction of sp³-hybridized carbons (Fsp3) is 0.417. The van der Waals surface area contributed by atoms with E-state index < -0.39 is 28.5 Å². The summed E-state index contributed by atoms with van der Waals surface area (Å²) >= 11 is 15.8. The summed E-state index contributed by atoms with van der Waals surface area (Å²) < 4.78 is 27.2. The molecule has 2 rings (SSSR count). The third-order valence-electron chi connectivity index (χ3n) is 5.40. The van der Waals surface area contributed by atoms with Crippen LogP contribution >= 0.6 is 39.1 Å². The van der Waals surface area contributed by atoms with Crippen molar-refractivity contribution in [3.05, 3.63) is 62.0 Å². The topological polar surface area (TPSA) is 86.8 Å². The van der Waals surface area contributed by atoms with Gasteiger partial charge in [-0.2, -0.15) is 0 Å². The number of nitrogens with one attached hydrogen (secondary N) is 1. The van der Waals surface area contributed by atoms with E-state index >= 15 is 0 Å². The highest BCUT2D eigenvalue weighted by Gasteiger charge is 2.32. The molecule has 2 amide bonds. The molecule has 0 aliphatic carbocycles. The highest BCUT2D eigenvalue weighted by molar-refractivity contribution is 9.10. The number of amides is 2. The lowest BCUT2D eigenvalue weighted by molar-refractivity contribution is -0.140. The molecule has 7 nitrogen and oxygen atoms in total. The van der Waals surface area contributed by atoms with Gasteiger partial charge in [0.15, 0.2) is 0 Å². The first kappa shape index (κ1) is 29.4. The van der Waals surface area contributed by atoms with Crippen molar-refractivity contribution in [3.63, 3.8) is 0 Å². The zero-order valence-electron chi connectivity index (χ0n) is 20.1. The summed E-state index contributed by atoms with van der Waals surface area (Å²) in [5.41, 5.74) is 1.77. The summed E-state index contributed by atoms with van der Waals surface area (Å²) in [6.07, 6.45) is 2.12. The van der Waals surface area contributed by atoms with Gasteiger partial charge >= 0.3 is 0 Å². The lowest BCUT2D eigenvalue weighted by atomic mass is 10.1. The van der Waals surface area contributed by atoms with Crippen LogP contribution in [0.25, 0.3) is 0 Å². The molecule has 2 aromatic rings. The number of carbonyl (C=O) groups is 2. The maximum atomic E-state index is 13.6. The molecular weight excluding hydrogens is 577 g/mol. The third-order valence-corrected chi connectivity index (χ3v) is 8.02. The van der Waals surface area contributed by atoms with Crippen LogP contribution in [0.4, 0.5) is 5.69 Å². The summed E-state index contributed by atoms with van der Waals surface area (Å²) in [6.45, 7) is 5.57. The zero-order chi connectivity index (χ0) is 26.3. The maximum absolute atomic E-state index is 13.6. The first-order valence-electron chi connectivity index (χ1n) is 11.1. The predicted molar refractivity (Wildman–Crippen MR) is 145 cm³/mol. The number of aryl methyl sites for hydroxylation is 1. The van der Waals surface area contributed by atoms with Gasteiger partial charge in [0.2, 0.25) is 21.8 Å². The van der Waals surface area contributed by atoms with Crippen LogP contribution in [0.5, 0.6) is 0 Å². The predicted octanol–water partition coefficient (Wildman–Crippen LogP) is 5.16. The summed E-state index contributed by atoms with van der Waals surface area (Å²) in [6, 6.07) is 9.12. The minimum Gasteiger partial charge on any atom is -0.354 e. The molecule has 0 fully saturated rings. The number of rotatable bonds is 11. The van der Waals surface area contributed by atoms with Crippen molar-refractivity contribution >= 4 is 66.7 Å². The van der Waals surface area contributed by atoms with Crippen molar-refractivity contribution in [2.24, 2.45) is 0 Å². The average molecular weight is 607 g/mol. The van der Waals surface area contributed by atoms with Gasteiger partial charge in [-0.05, 0) is 61.2 Å². The van der Waals surface area contributed by atoms with E-state index in [0.29, 0.717) is 34.3 Å². The fourth-order valence-corrected chi connectivity index (χ4v) is 5.07. The minimum absolute atomic E-state index is 0.0177. The lowest BCUT2D eigenvalue weighted by Gasteiger charge is -2.33. The van der Waals surface area contributed by atoms with Crippen LogP contribution in [0.15, 0.2) is 40.9 Å². The van der Waals surface area contributed by atoms with Crippen molar-refractivity contribution in [3.8, 4) is 0 Å². The Morgan fingerprint density at radius 3 is 2.34 bits per heavy atom. The van der Waals surface area contributed by atoms with Crippen LogP contribution in [0.1, 0.15) is 37.8 Å². The standard InChI is InChI=1S/C24H30BrCl2N3O4S/c1-5-11-28-24(32)22(6-2)29(14-17-7-8-18(26)13-21(17)27)23(31)15-30(35(4,33)34)19-9-10-20(25)16(3)12-19/h7-10,12-13,22H,5-6,11,14-15H2,1-4H3,(H,28,32). The molecule has 1 atom stereocenters. The van der Waals surface area contributed by atoms with Gasteiger partial charge in [0.1, 0.15) is 12.6 Å². The Kier molecular flexibility index (Phi) is 10.9. The largest absolute Gasteiger partial charge is 0.354 e. The van der Waals surface area contributed by atoms with E-state index in [9.17, 15) is 18.0 Å².